The van der Waals surface area contributed by atoms with Crippen LogP contribution in [0.1, 0.15) is 23.0 Å². The van der Waals surface area contributed by atoms with E-state index in [9.17, 15) is 9.59 Å². The summed E-state index contributed by atoms with van der Waals surface area (Å²) in [5, 5.41) is 3.21. The van der Waals surface area contributed by atoms with Crippen molar-refractivity contribution in [3.63, 3.8) is 0 Å². The quantitative estimate of drug-likeness (QED) is 0.446. The van der Waals surface area contributed by atoms with Gasteiger partial charge in [0.05, 0.1) is 19.1 Å². The van der Waals surface area contributed by atoms with Gasteiger partial charge in [0, 0.05) is 22.9 Å². The van der Waals surface area contributed by atoms with E-state index < -0.39 is 11.9 Å². The smallest absolute Gasteiger partial charge is 0.376 e. The lowest BCUT2D eigenvalue weighted by Gasteiger charge is -2.05. The zero-order valence-electron chi connectivity index (χ0n) is 15.2. The van der Waals surface area contributed by atoms with Gasteiger partial charge in [0.25, 0.3) is 0 Å². The van der Waals surface area contributed by atoms with Crippen LogP contribution in [0.4, 0.5) is 5.69 Å². The molecule has 2 heterocycles. The minimum absolute atomic E-state index is 0.106. The third kappa shape index (κ3) is 4.07. The second-order valence-corrected chi connectivity index (χ2v) is 6.44. The molecule has 0 atom stereocenters. The molecule has 0 aliphatic heterocycles. The summed E-state index contributed by atoms with van der Waals surface area (Å²) in [5.74, 6) is -0.800. The normalized spacial score (nSPS) is 11.0. The molecule has 7 nitrogen and oxygen atoms in total. The number of nitrogens with zero attached hydrogens (tertiary/aromatic N) is 1. The topological polar surface area (TPSA) is 90.7 Å². The Labute approximate surface area is 169 Å². The Morgan fingerprint density at radius 1 is 1.32 bits per heavy atom. The first kappa shape index (κ1) is 19.6. The molecule has 0 fully saturated rings. The number of fused-ring (bicyclic) bond motifs is 1. The molecule has 28 heavy (non-hydrogen) atoms. The highest BCUT2D eigenvalue weighted by molar-refractivity contribution is 9.10. The van der Waals surface area contributed by atoms with Crippen LogP contribution in [0.5, 0.6) is 5.75 Å². The average molecular weight is 445 g/mol. The molecule has 8 heteroatoms. The number of carbonyl (C=O) groups is 2. The Morgan fingerprint density at radius 2 is 2.14 bits per heavy atom. The van der Waals surface area contributed by atoms with E-state index in [4.69, 9.17) is 13.9 Å². The molecule has 0 radical (unpaired) electrons. The van der Waals surface area contributed by atoms with E-state index >= 15 is 0 Å². The molecule has 2 aromatic heterocycles. The molecular weight excluding hydrogens is 428 g/mol. The number of methoxy groups -OCH3 is 1. The summed E-state index contributed by atoms with van der Waals surface area (Å²) in [7, 11) is 1.49. The molecule has 0 spiro atoms. The van der Waals surface area contributed by atoms with Crippen molar-refractivity contribution in [1.82, 2.24) is 4.98 Å². The standard InChI is InChI=1S/C20H17BrN2O5/c1-3-27-20(25)19-17(16-13(21)7-8-14(26-2)18(16)28-19)23-15(24)9-6-12-5-4-10-22-11-12/h4-11H,3H2,1-2H3,(H,23,24)/b9-6+. The number of anilines is 1. The molecular formula is C20H17BrN2O5. The summed E-state index contributed by atoms with van der Waals surface area (Å²) in [4.78, 5) is 28.8. The van der Waals surface area contributed by atoms with E-state index in [1.54, 1.807) is 43.6 Å². The number of amides is 1. The van der Waals surface area contributed by atoms with Crippen molar-refractivity contribution in [2.75, 3.05) is 19.0 Å². The van der Waals surface area contributed by atoms with Crippen molar-refractivity contribution >= 4 is 50.5 Å². The lowest BCUT2D eigenvalue weighted by atomic mass is 10.2. The summed E-state index contributed by atoms with van der Waals surface area (Å²) in [6.07, 6.45) is 6.23. The van der Waals surface area contributed by atoms with E-state index in [0.29, 0.717) is 21.2 Å². The van der Waals surface area contributed by atoms with Crippen LogP contribution in [-0.2, 0) is 9.53 Å². The molecule has 0 saturated heterocycles. The molecule has 3 aromatic rings. The van der Waals surface area contributed by atoms with Crippen LogP contribution in [0, 0.1) is 0 Å². The summed E-state index contributed by atoms with van der Waals surface area (Å²) in [6, 6.07) is 7.02. The number of pyridine rings is 1. The number of ether oxygens (including phenoxy) is 2. The fourth-order valence-corrected chi connectivity index (χ4v) is 3.08. The van der Waals surface area contributed by atoms with Crippen LogP contribution < -0.4 is 10.1 Å². The minimum Gasteiger partial charge on any atom is -0.493 e. The van der Waals surface area contributed by atoms with Crippen LogP contribution >= 0.6 is 15.9 Å². The number of furan rings is 1. The van der Waals surface area contributed by atoms with Gasteiger partial charge in [-0.25, -0.2) is 4.79 Å². The number of aromatic nitrogens is 1. The molecule has 144 valence electrons. The van der Waals surface area contributed by atoms with Crippen molar-refractivity contribution < 1.29 is 23.5 Å². The minimum atomic E-state index is -0.681. The Kier molecular flexibility index (Phi) is 6.10. The van der Waals surface area contributed by atoms with Gasteiger partial charge >= 0.3 is 5.97 Å². The van der Waals surface area contributed by atoms with Crippen molar-refractivity contribution in [2.45, 2.75) is 6.92 Å². The molecule has 1 aromatic carbocycles. The molecule has 0 aliphatic carbocycles. The van der Waals surface area contributed by atoms with Gasteiger partial charge in [0.2, 0.25) is 11.7 Å². The van der Waals surface area contributed by atoms with Gasteiger partial charge in [-0.1, -0.05) is 6.07 Å². The predicted octanol–water partition coefficient (Wildman–Crippen LogP) is 4.43. The highest BCUT2D eigenvalue weighted by atomic mass is 79.9. The molecule has 0 bridgehead atoms. The Hall–Kier alpha value is -3.13. The SMILES string of the molecule is CCOC(=O)c1oc2c(OC)ccc(Br)c2c1NC(=O)/C=C/c1cccnc1. The van der Waals surface area contributed by atoms with Gasteiger partial charge < -0.3 is 19.2 Å². The number of rotatable bonds is 6. The van der Waals surface area contributed by atoms with Crippen molar-refractivity contribution in [1.29, 1.82) is 0 Å². The van der Waals surface area contributed by atoms with Crippen LogP contribution in [0.15, 0.2) is 51.6 Å². The highest BCUT2D eigenvalue weighted by Gasteiger charge is 2.26. The van der Waals surface area contributed by atoms with E-state index in [0.717, 1.165) is 5.56 Å². The van der Waals surface area contributed by atoms with E-state index in [1.807, 2.05) is 6.07 Å². The molecule has 0 unspecified atom stereocenters. The molecule has 0 saturated carbocycles. The fourth-order valence-electron chi connectivity index (χ4n) is 2.57. The molecule has 1 amide bonds. The number of carbonyl (C=O) groups excluding carboxylic acids is 2. The van der Waals surface area contributed by atoms with Crippen LogP contribution in [-0.4, -0.2) is 30.6 Å². The molecule has 1 N–H and O–H groups in total. The number of hydrogen-bond donors (Lipinski definition) is 1. The zero-order chi connectivity index (χ0) is 20.1. The van der Waals surface area contributed by atoms with Crippen molar-refractivity contribution in [3.05, 3.63) is 58.5 Å². The fraction of sp³-hybridized carbons (Fsp3) is 0.150. The van der Waals surface area contributed by atoms with E-state index in [2.05, 4.69) is 26.2 Å². The zero-order valence-corrected chi connectivity index (χ0v) is 16.8. The van der Waals surface area contributed by atoms with Crippen molar-refractivity contribution in [2.24, 2.45) is 0 Å². The van der Waals surface area contributed by atoms with Gasteiger partial charge in [0.1, 0.15) is 5.69 Å². The van der Waals surface area contributed by atoms with Gasteiger partial charge in [-0.05, 0) is 52.7 Å². The first-order chi connectivity index (χ1) is 13.5. The van der Waals surface area contributed by atoms with Gasteiger partial charge in [-0.3, -0.25) is 9.78 Å². The summed E-state index contributed by atoms with van der Waals surface area (Å²) >= 11 is 3.43. The number of benzene rings is 1. The average Bonchev–Trinajstić information content (AvgIpc) is 3.08. The molecule has 3 rings (SSSR count). The first-order valence-corrected chi connectivity index (χ1v) is 9.19. The number of hydrogen-bond acceptors (Lipinski definition) is 6. The van der Waals surface area contributed by atoms with Crippen LogP contribution in [0.3, 0.4) is 0 Å². The maximum atomic E-state index is 12.5. The predicted molar refractivity (Wildman–Crippen MR) is 108 cm³/mol. The maximum absolute atomic E-state index is 12.5. The monoisotopic (exact) mass is 444 g/mol. The highest BCUT2D eigenvalue weighted by Crippen LogP contribution is 2.41. The lowest BCUT2D eigenvalue weighted by Crippen LogP contribution is -2.12. The number of halogens is 1. The summed E-state index contributed by atoms with van der Waals surface area (Å²) in [5.41, 5.74) is 1.30. The largest absolute Gasteiger partial charge is 0.493 e. The lowest BCUT2D eigenvalue weighted by molar-refractivity contribution is -0.111. The Balaban J connectivity index is 2.02. The first-order valence-electron chi connectivity index (χ1n) is 8.40. The second kappa shape index (κ2) is 8.71. The number of esters is 1. The van der Waals surface area contributed by atoms with Gasteiger partial charge in [-0.15, -0.1) is 0 Å². The maximum Gasteiger partial charge on any atom is 0.376 e. The van der Waals surface area contributed by atoms with Crippen LogP contribution in [0.2, 0.25) is 0 Å². The van der Waals surface area contributed by atoms with E-state index in [-0.39, 0.29) is 18.1 Å². The summed E-state index contributed by atoms with van der Waals surface area (Å²) in [6.45, 7) is 1.86. The van der Waals surface area contributed by atoms with Crippen LogP contribution in [0.25, 0.3) is 17.0 Å². The van der Waals surface area contributed by atoms with E-state index in [1.165, 1.54) is 13.2 Å². The third-order valence-electron chi connectivity index (χ3n) is 3.79. The Bertz CT molecular complexity index is 1040. The second-order valence-electron chi connectivity index (χ2n) is 5.59. The van der Waals surface area contributed by atoms with Crippen molar-refractivity contribution in [3.8, 4) is 5.75 Å². The molecule has 0 aliphatic rings. The van der Waals surface area contributed by atoms with Gasteiger partial charge in [-0.2, -0.15) is 0 Å². The van der Waals surface area contributed by atoms with Gasteiger partial charge in [0.15, 0.2) is 11.3 Å². The summed E-state index contributed by atoms with van der Waals surface area (Å²) < 4.78 is 16.7. The third-order valence-corrected chi connectivity index (χ3v) is 4.45. The Morgan fingerprint density at radius 3 is 2.82 bits per heavy atom. The number of nitrogens with one attached hydrogen (secondary N) is 1.